The van der Waals surface area contributed by atoms with E-state index < -0.39 is 0 Å². The average molecular weight is 255 g/mol. The van der Waals surface area contributed by atoms with Crippen molar-refractivity contribution in [2.75, 3.05) is 31.1 Å². The van der Waals surface area contributed by atoms with Gasteiger partial charge >= 0.3 is 0 Å². The van der Waals surface area contributed by atoms with E-state index in [9.17, 15) is 4.79 Å². The highest BCUT2D eigenvalue weighted by Crippen LogP contribution is 2.32. The molecule has 92 valence electrons. The molecule has 1 saturated heterocycles. The molecule has 5 heteroatoms. The topological polar surface area (TPSA) is 41.6 Å². The molecular weight excluding hydrogens is 240 g/mol. The van der Waals surface area contributed by atoms with Gasteiger partial charge in [0.2, 0.25) is 0 Å². The number of anilines is 1. The molecule has 1 aromatic carbocycles. The molecular formula is C12H15ClN2O2. The lowest BCUT2D eigenvalue weighted by molar-refractivity contribution is -0.121. The third kappa shape index (κ3) is 2.23. The Morgan fingerprint density at radius 2 is 2.12 bits per heavy atom. The highest BCUT2D eigenvalue weighted by molar-refractivity contribution is 5.97. The molecule has 2 aliphatic heterocycles. The second kappa shape index (κ2) is 4.94. The van der Waals surface area contributed by atoms with E-state index in [0.717, 1.165) is 31.1 Å². The van der Waals surface area contributed by atoms with Crippen molar-refractivity contribution in [2.24, 2.45) is 5.92 Å². The molecule has 0 saturated carbocycles. The Morgan fingerprint density at radius 1 is 1.35 bits per heavy atom. The maximum atomic E-state index is 11.8. The molecule has 0 aliphatic carbocycles. The third-order valence-electron chi connectivity index (χ3n) is 3.12. The number of amides is 1. The summed E-state index contributed by atoms with van der Waals surface area (Å²) in [5.41, 5.74) is 0.908. The Hall–Kier alpha value is -1.26. The number of carbonyl (C=O) groups is 1. The predicted molar refractivity (Wildman–Crippen MR) is 67.9 cm³/mol. The second-order valence-corrected chi connectivity index (χ2v) is 4.29. The van der Waals surface area contributed by atoms with Crippen LogP contribution in [0.3, 0.4) is 0 Å². The van der Waals surface area contributed by atoms with Gasteiger partial charge in [0.05, 0.1) is 5.69 Å². The summed E-state index contributed by atoms with van der Waals surface area (Å²) in [5.74, 6) is 1.45. The summed E-state index contributed by atoms with van der Waals surface area (Å²) < 4.78 is 5.39. The number of nitrogens with one attached hydrogen (secondary N) is 1. The lowest BCUT2D eigenvalue weighted by Crippen LogP contribution is -2.51. The SMILES string of the molecule is Cl.O=C1COc2ccccc2N1CC1CNC1. The molecule has 0 aromatic heterocycles. The lowest BCUT2D eigenvalue weighted by Gasteiger charge is -2.35. The summed E-state index contributed by atoms with van der Waals surface area (Å²) in [6.45, 7) is 2.98. The zero-order chi connectivity index (χ0) is 11.0. The van der Waals surface area contributed by atoms with E-state index in [2.05, 4.69) is 5.32 Å². The molecule has 4 nitrogen and oxygen atoms in total. The first-order chi connectivity index (χ1) is 7.84. The number of hydrogen-bond donors (Lipinski definition) is 1. The molecule has 1 aromatic rings. The van der Waals surface area contributed by atoms with Gasteiger partial charge < -0.3 is 15.0 Å². The standard InChI is InChI=1S/C12H14N2O2.ClH/c15-12-8-16-11-4-2-1-3-10(11)14(12)7-9-5-13-6-9;/h1-4,9,13H,5-8H2;1H. The summed E-state index contributed by atoms with van der Waals surface area (Å²) in [5, 5.41) is 3.22. The number of rotatable bonds is 2. The summed E-state index contributed by atoms with van der Waals surface area (Å²) in [6.07, 6.45) is 0. The van der Waals surface area contributed by atoms with Crippen LogP contribution >= 0.6 is 12.4 Å². The van der Waals surface area contributed by atoms with Gasteiger partial charge in [-0.15, -0.1) is 12.4 Å². The van der Waals surface area contributed by atoms with Crippen LogP contribution in [-0.2, 0) is 4.79 Å². The van der Waals surface area contributed by atoms with Crippen LogP contribution in [0.4, 0.5) is 5.69 Å². The van der Waals surface area contributed by atoms with Crippen LogP contribution in [0.5, 0.6) is 5.75 Å². The van der Waals surface area contributed by atoms with E-state index in [4.69, 9.17) is 4.74 Å². The highest BCUT2D eigenvalue weighted by atomic mass is 35.5. The Kier molecular flexibility index (Phi) is 3.54. The summed E-state index contributed by atoms with van der Waals surface area (Å²) in [7, 11) is 0. The van der Waals surface area contributed by atoms with Crippen LogP contribution in [0.25, 0.3) is 0 Å². The van der Waals surface area contributed by atoms with Crippen LogP contribution in [-0.4, -0.2) is 32.1 Å². The monoisotopic (exact) mass is 254 g/mol. The molecule has 0 atom stereocenters. The van der Waals surface area contributed by atoms with Crippen molar-refractivity contribution in [3.63, 3.8) is 0 Å². The number of halogens is 1. The minimum atomic E-state index is 0. The fraction of sp³-hybridized carbons (Fsp3) is 0.417. The smallest absolute Gasteiger partial charge is 0.265 e. The van der Waals surface area contributed by atoms with Gasteiger partial charge in [0.25, 0.3) is 5.91 Å². The van der Waals surface area contributed by atoms with Gasteiger partial charge in [-0.2, -0.15) is 0 Å². The number of benzene rings is 1. The number of hydrogen-bond acceptors (Lipinski definition) is 3. The van der Waals surface area contributed by atoms with E-state index in [-0.39, 0.29) is 24.9 Å². The van der Waals surface area contributed by atoms with Crippen molar-refractivity contribution in [1.82, 2.24) is 5.32 Å². The summed E-state index contributed by atoms with van der Waals surface area (Å²) >= 11 is 0. The summed E-state index contributed by atoms with van der Waals surface area (Å²) in [4.78, 5) is 13.7. The molecule has 0 unspecified atom stereocenters. The van der Waals surface area contributed by atoms with Gasteiger partial charge in [0, 0.05) is 25.6 Å². The van der Waals surface area contributed by atoms with Crippen LogP contribution in [0.2, 0.25) is 0 Å². The molecule has 2 heterocycles. The number of nitrogens with zero attached hydrogens (tertiary/aromatic N) is 1. The van der Waals surface area contributed by atoms with Gasteiger partial charge in [-0.05, 0) is 12.1 Å². The maximum absolute atomic E-state index is 11.8. The zero-order valence-corrected chi connectivity index (χ0v) is 10.2. The summed E-state index contributed by atoms with van der Waals surface area (Å²) in [6, 6.07) is 7.72. The molecule has 1 amide bonds. The first-order valence-corrected chi connectivity index (χ1v) is 5.57. The Labute approximate surface area is 106 Å². The van der Waals surface area contributed by atoms with Crippen molar-refractivity contribution >= 4 is 24.0 Å². The number of para-hydroxylation sites is 2. The van der Waals surface area contributed by atoms with Crippen molar-refractivity contribution in [2.45, 2.75) is 0 Å². The zero-order valence-electron chi connectivity index (χ0n) is 9.39. The Morgan fingerprint density at radius 3 is 2.82 bits per heavy atom. The van der Waals surface area contributed by atoms with Gasteiger partial charge in [-0.3, -0.25) is 4.79 Å². The normalized spacial score (nSPS) is 18.8. The van der Waals surface area contributed by atoms with Crippen molar-refractivity contribution in [1.29, 1.82) is 0 Å². The largest absolute Gasteiger partial charge is 0.482 e. The molecule has 1 N–H and O–H groups in total. The molecule has 0 radical (unpaired) electrons. The molecule has 17 heavy (non-hydrogen) atoms. The number of fused-ring (bicyclic) bond motifs is 1. The van der Waals surface area contributed by atoms with E-state index in [1.807, 2.05) is 29.2 Å². The van der Waals surface area contributed by atoms with Gasteiger partial charge in [0.15, 0.2) is 6.61 Å². The van der Waals surface area contributed by atoms with E-state index in [1.54, 1.807) is 0 Å². The van der Waals surface area contributed by atoms with Crippen molar-refractivity contribution < 1.29 is 9.53 Å². The van der Waals surface area contributed by atoms with Crippen molar-refractivity contribution in [3.8, 4) is 5.75 Å². The molecule has 3 rings (SSSR count). The number of carbonyl (C=O) groups excluding carboxylic acids is 1. The lowest BCUT2D eigenvalue weighted by atomic mass is 10.0. The highest BCUT2D eigenvalue weighted by Gasteiger charge is 2.29. The van der Waals surface area contributed by atoms with Gasteiger partial charge in [-0.25, -0.2) is 0 Å². The first kappa shape index (κ1) is 12.2. The fourth-order valence-corrected chi connectivity index (χ4v) is 2.09. The third-order valence-corrected chi connectivity index (χ3v) is 3.12. The molecule has 2 aliphatic rings. The molecule has 1 fully saturated rings. The fourth-order valence-electron chi connectivity index (χ4n) is 2.09. The van der Waals surface area contributed by atoms with Crippen LogP contribution < -0.4 is 15.0 Å². The van der Waals surface area contributed by atoms with E-state index in [0.29, 0.717) is 5.92 Å². The van der Waals surface area contributed by atoms with E-state index >= 15 is 0 Å². The maximum Gasteiger partial charge on any atom is 0.265 e. The predicted octanol–water partition coefficient (Wildman–Crippen LogP) is 1.05. The Bertz CT molecular complexity index is 421. The van der Waals surface area contributed by atoms with Gasteiger partial charge in [0.1, 0.15) is 5.75 Å². The minimum Gasteiger partial charge on any atom is -0.482 e. The quantitative estimate of drug-likeness (QED) is 0.858. The second-order valence-electron chi connectivity index (χ2n) is 4.29. The van der Waals surface area contributed by atoms with Crippen LogP contribution in [0.1, 0.15) is 0 Å². The number of ether oxygens (including phenoxy) is 1. The van der Waals surface area contributed by atoms with Crippen LogP contribution in [0, 0.1) is 5.92 Å². The molecule has 0 spiro atoms. The molecule has 0 bridgehead atoms. The van der Waals surface area contributed by atoms with E-state index in [1.165, 1.54) is 0 Å². The van der Waals surface area contributed by atoms with Crippen molar-refractivity contribution in [3.05, 3.63) is 24.3 Å². The average Bonchev–Trinajstić information content (AvgIpc) is 2.25. The Balaban J connectivity index is 0.00000108. The minimum absolute atomic E-state index is 0. The van der Waals surface area contributed by atoms with Gasteiger partial charge in [-0.1, -0.05) is 12.1 Å². The van der Waals surface area contributed by atoms with Crippen LogP contribution in [0.15, 0.2) is 24.3 Å². The first-order valence-electron chi connectivity index (χ1n) is 5.57.